The van der Waals surface area contributed by atoms with Gasteiger partial charge in [0.15, 0.2) is 0 Å². The van der Waals surface area contributed by atoms with Gasteiger partial charge in [0.1, 0.15) is 12.4 Å². The highest BCUT2D eigenvalue weighted by molar-refractivity contribution is 5.95. The molecule has 3 rings (SSSR count). The molecule has 0 spiro atoms. The van der Waals surface area contributed by atoms with Gasteiger partial charge in [-0.05, 0) is 54.4 Å². The third kappa shape index (κ3) is 8.66. The zero-order valence-corrected chi connectivity index (χ0v) is 18.7. The average Bonchev–Trinajstić information content (AvgIpc) is 2.83. The maximum atomic E-state index is 12.3. The Hall–Kier alpha value is -3.84. The van der Waals surface area contributed by atoms with E-state index in [1.54, 1.807) is 31.4 Å². The maximum Gasteiger partial charge on any atom is 0.243 e. The van der Waals surface area contributed by atoms with Gasteiger partial charge in [-0.1, -0.05) is 36.4 Å². The molecule has 172 valence electrons. The van der Waals surface area contributed by atoms with Crippen molar-refractivity contribution in [2.75, 3.05) is 42.8 Å². The van der Waals surface area contributed by atoms with Crippen LogP contribution in [0.5, 0.6) is 5.75 Å². The Kier molecular flexibility index (Phi) is 9.29. The number of carbonyl (C=O) groups excluding carboxylic acids is 2. The van der Waals surface area contributed by atoms with Crippen LogP contribution in [0.25, 0.3) is 0 Å². The number of nitrogens with one attached hydrogen (secondary N) is 3. The van der Waals surface area contributed by atoms with E-state index in [0.717, 1.165) is 17.0 Å². The zero-order chi connectivity index (χ0) is 23.3. The molecule has 3 aromatic carbocycles. The van der Waals surface area contributed by atoms with E-state index in [1.807, 2.05) is 54.6 Å². The van der Waals surface area contributed by atoms with Gasteiger partial charge in [0.2, 0.25) is 11.8 Å². The predicted octanol–water partition coefficient (Wildman–Crippen LogP) is 4.33. The summed E-state index contributed by atoms with van der Waals surface area (Å²) < 4.78 is 10.5. The number of hydrogen-bond acceptors (Lipinski definition) is 5. The molecule has 0 aliphatic heterocycles. The van der Waals surface area contributed by atoms with Crippen LogP contribution in [0, 0.1) is 0 Å². The molecule has 0 atom stereocenters. The lowest BCUT2D eigenvalue weighted by atomic mass is 10.1. The molecule has 7 heteroatoms. The van der Waals surface area contributed by atoms with Crippen LogP contribution in [0.4, 0.5) is 17.1 Å². The second-order valence-corrected chi connectivity index (χ2v) is 7.38. The Bertz CT molecular complexity index is 1020. The number of ether oxygens (including phenoxy) is 2. The number of rotatable bonds is 12. The fraction of sp³-hybridized carbons (Fsp3) is 0.231. The van der Waals surface area contributed by atoms with Crippen molar-refractivity contribution in [3.05, 3.63) is 84.4 Å². The van der Waals surface area contributed by atoms with E-state index in [9.17, 15) is 9.59 Å². The van der Waals surface area contributed by atoms with Crippen LogP contribution in [0.1, 0.15) is 12.0 Å². The molecule has 0 saturated carbocycles. The van der Waals surface area contributed by atoms with Crippen molar-refractivity contribution >= 4 is 28.9 Å². The lowest BCUT2D eigenvalue weighted by molar-refractivity contribution is -0.116. The molecule has 0 radical (unpaired) electrons. The molecule has 0 saturated heterocycles. The highest BCUT2D eigenvalue weighted by Crippen LogP contribution is 2.17. The monoisotopic (exact) mass is 447 g/mol. The smallest absolute Gasteiger partial charge is 0.243 e. The third-order valence-corrected chi connectivity index (χ3v) is 4.78. The van der Waals surface area contributed by atoms with Gasteiger partial charge in [-0.3, -0.25) is 9.59 Å². The SMILES string of the molecule is COCCOc1ccc(NCC(=O)Nc2cccc(NC(=O)CCc3ccccc3)c2)cc1. The Morgan fingerprint density at radius 3 is 2.15 bits per heavy atom. The summed E-state index contributed by atoms with van der Waals surface area (Å²) in [4.78, 5) is 24.6. The van der Waals surface area contributed by atoms with E-state index in [2.05, 4.69) is 16.0 Å². The van der Waals surface area contributed by atoms with Crippen molar-refractivity contribution in [3.8, 4) is 5.75 Å². The quantitative estimate of drug-likeness (QED) is 0.360. The lowest BCUT2D eigenvalue weighted by Gasteiger charge is -2.11. The molecule has 0 unspecified atom stereocenters. The molecule has 0 aliphatic carbocycles. The van der Waals surface area contributed by atoms with Crippen molar-refractivity contribution < 1.29 is 19.1 Å². The van der Waals surface area contributed by atoms with Crippen LogP contribution < -0.4 is 20.7 Å². The van der Waals surface area contributed by atoms with E-state index >= 15 is 0 Å². The van der Waals surface area contributed by atoms with Gasteiger partial charge in [-0.25, -0.2) is 0 Å². The Morgan fingerprint density at radius 1 is 0.758 bits per heavy atom. The maximum absolute atomic E-state index is 12.3. The number of carbonyl (C=O) groups is 2. The summed E-state index contributed by atoms with van der Waals surface area (Å²) in [5.41, 5.74) is 3.19. The van der Waals surface area contributed by atoms with E-state index in [-0.39, 0.29) is 18.4 Å². The highest BCUT2D eigenvalue weighted by Gasteiger charge is 2.06. The first-order valence-electron chi connectivity index (χ1n) is 10.8. The number of benzene rings is 3. The summed E-state index contributed by atoms with van der Waals surface area (Å²) >= 11 is 0. The predicted molar refractivity (Wildman–Crippen MR) is 131 cm³/mol. The van der Waals surface area contributed by atoms with E-state index < -0.39 is 0 Å². The Balaban J connectivity index is 1.42. The van der Waals surface area contributed by atoms with Crippen molar-refractivity contribution in [3.63, 3.8) is 0 Å². The standard InChI is InChI=1S/C26H29N3O4/c1-32-16-17-33-24-13-11-21(12-14-24)27-19-26(31)29-23-9-5-8-22(18-23)28-25(30)15-10-20-6-3-2-4-7-20/h2-9,11-14,18,27H,10,15-17,19H2,1H3,(H,28,30)(H,29,31). The summed E-state index contributed by atoms with van der Waals surface area (Å²) in [6.45, 7) is 1.12. The first-order chi connectivity index (χ1) is 16.1. The summed E-state index contributed by atoms with van der Waals surface area (Å²) in [6, 6.07) is 24.4. The molecule has 3 aromatic rings. The minimum absolute atomic E-state index is 0.0707. The second kappa shape index (κ2) is 12.9. The first-order valence-corrected chi connectivity index (χ1v) is 10.8. The molecule has 3 N–H and O–H groups in total. The number of amides is 2. The Labute approximate surface area is 194 Å². The molecule has 0 aliphatic rings. The van der Waals surface area contributed by atoms with Gasteiger partial charge in [-0.15, -0.1) is 0 Å². The molecule has 33 heavy (non-hydrogen) atoms. The normalized spacial score (nSPS) is 10.3. The van der Waals surface area contributed by atoms with Crippen LogP contribution in [0.15, 0.2) is 78.9 Å². The van der Waals surface area contributed by atoms with Crippen molar-refractivity contribution in [2.24, 2.45) is 0 Å². The minimum atomic E-state index is -0.192. The Morgan fingerprint density at radius 2 is 1.45 bits per heavy atom. The van der Waals surface area contributed by atoms with Crippen molar-refractivity contribution in [2.45, 2.75) is 12.8 Å². The molecule has 7 nitrogen and oxygen atoms in total. The van der Waals surface area contributed by atoms with Crippen LogP contribution in [0.2, 0.25) is 0 Å². The molecular weight excluding hydrogens is 418 g/mol. The van der Waals surface area contributed by atoms with Gasteiger partial charge < -0.3 is 25.4 Å². The molecule has 2 amide bonds. The summed E-state index contributed by atoms with van der Waals surface area (Å²) in [5.74, 6) is 0.478. The molecular formula is C26H29N3O4. The van der Waals surface area contributed by atoms with E-state index in [4.69, 9.17) is 9.47 Å². The fourth-order valence-electron chi connectivity index (χ4n) is 3.10. The molecule has 0 aromatic heterocycles. The third-order valence-electron chi connectivity index (χ3n) is 4.78. The summed E-state index contributed by atoms with van der Waals surface area (Å²) in [6.07, 6.45) is 1.07. The summed E-state index contributed by atoms with van der Waals surface area (Å²) in [5, 5.41) is 8.80. The molecule has 0 fully saturated rings. The zero-order valence-electron chi connectivity index (χ0n) is 18.7. The van der Waals surface area contributed by atoms with Gasteiger partial charge in [0, 0.05) is 30.6 Å². The minimum Gasteiger partial charge on any atom is -0.491 e. The first kappa shape index (κ1) is 23.8. The van der Waals surface area contributed by atoms with Crippen molar-refractivity contribution in [1.82, 2.24) is 0 Å². The van der Waals surface area contributed by atoms with Crippen LogP contribution in [-0.4, -0.2) is 38.7 Å². The van der Waals surface area contributed by atoms with Crippen LogP contribution in [0.3, 0.4) is 0 Å². The van der Waals surface area contributed by atoms with Gasteiger partial charge >= 0.3 is 0 Å². The second-order valence-electron chi connectivity index (χ2n) is 7.38. The van der Waals surface area contributed by atoms with Crippen LogP contribution in [-0.2, 0) is 20.7 Å². The largest absolute Gasteiger partial charge is 0.491 e. The van der Waals surface area contributed by atoms with E-state index in [0.29, 0.717) is 37.4 Å². The van der Waals surface area contributed by atoms with E-state index in [1.165, 1.54) is 0 Å². The van der Waals surface area contributed by atoms with Crippen LogP contribution >= 0.6 is 0 Å². The molecule has 0 heterocycles. The van der Waals surface area contributed by atoms with Crippen molar-refractivity contribution in [1.29, 1.82) is 0 Å². The summed E-state index contributed by atoms with van der Waals surface area (Å²) in [7, 11) is 1.63. The number of hydrogen-bond donors (Lipinski definition) is 3. The lowest BCUT2D eigenvalue weighted by Crippen LogP contribution is -2.21. The van der Waals surface area contributed by atoms with Gasteiger partial charge in [0.05, 0.1) is 13.2 Å². The van der Waals surface area contributed by atoms with Gasteiger partial charge in [0.25, 0.3) is 0 Å². The number of anilines is 3. The highest BCUT2D eigenvalue weighted by atomic mass is 16.5. The fourth-order valence-corrected chi connectivity index (χ4v) is 3.10. The van der Waals surface area contributed by atoms with Gasteiger partial charge in [-0.2, -0.15) is 0 Å². The topological polar surface area (TPSA) is 88.7 Å². The number of methoxy groups -OCH3 is 1. The molecule has 0 bridgehead atoms. The average molecular weight is 448 g/mol. The number of aryl methyl sites for hydroxylation is 1.